The second kappa shape index (κ2) is 3.25. The fraction of sp³-hybridized carbons (Fsp3) is 0.400. The van der Waals surface area contributed by atoms with Crippen LogP contribution < -0.4 is 11.3 Å². The van der Waals surface area contributed by atoms with Crippen LogP contribution >= 0.6 is 0 Å². The molecule has 64 valence electrons. The first-order valence-corrected chi connectivity index (χ1v) is 4.40. The van der Waals surface area contributed by atoms with E-state index in [1.807, 2.05) is 0 Å². The van der Waals surface area contributed by atoms with Gasteiger partial charge in [-0.15, -0.1) is 0 Å². The third-order valence-electron chi connectivity index (χ3n) is 2.53. The Bertz CT molecular complexity index is 245. The Kier molecular flexibility index (Phi) is 2.11. The largest absolute Gasteiger partial charge is 0.271 e. The zero-order valence-corrected chi connectivity index (χ0v) is 7.03. The Morgan fingerprint density at radius 1 is 1.33 bits per heavy atom. The number of benzene rings is 1. The second-order valence-electron chi connectivity index (χ2n) is 3.42. The highest BCUT2D eigenvalue weighted by Crippen LogP contribution is 2.46. The first-order chi connectivity index (χ1) is 5.92. The molecule has 0 aliphatic heterocycles. The summed E-state index contributed by atoms with van der Waals surface area (Å²) in [6, 6.07) is 10.6. The van der Waals surface area contributed by atoms with Gasteiger partial charge in [0.2, 0.25) is 0 Å². The van der Waals surface area contributed by atoms with Crippen LogP contribution in [0.25, 0.3) is 0 Å². The smallest absolute Gasteiger partial charge is 0.0132 e. The van der Waals surface area contributed by atoms with Gasteiger partial charge in [0.15, 0.2) is 0 Å². The van der Waals surface area contributed by atoms with Gasteiger partial charge >= 0.3 is 0 Å². The van der Waals surface area contributed by atoms with Gasteiger partial charge in [-0.25, -0.2) is 0 Å². The summed E-state index contributed by atoms with van der Waals surface area (Å²) in [7, 11) is 0. The molecule has 1 aromatic rings. The molecule has 2 atom stereocenters. The van der Waals surface area contributed by atoms with E-state index in [1.54, 1.807) is 0 Å². The maximum Gasteiger partial charge on any atom is 0.0132 e. The van der Waals surface area contributed by atoms with Gasteiger partial charge in [-0.2, -0.15) is 0 Å². The van der Waals surface area contributed by atoms with E-state index in [1.165, 1.54) is 12.0 Å². The minimum Gasteiger partial charge on any atom is -0.271 e. The molecule has 1 fully saturated rings. The molecule has 2 rings (SSSR count). The molecular formula is C10H14N2. The van der Waals surface area contributed by atoms with Crippen molar-refractivity contribution in [1.29, 1.82) is 0 Å². The Morgan fingerprint density at radius 2 is 2.08 bits per heavy atom. The lowest BCUT2D eigenvalue weighted by atomic mass is 10.1. The number of hydrazine groups is 1. The number of nitrogens with two attached hydrogens (primary N) is 1. The third kappa shape index (κ3) is 1.49. The minimum atomic E-state index is 0.752. The Labute approximate surface area is 72.7 Å². The van der Waals surface area contributed by atoms with Crippen molar-refractivity contribution in [2.45, 2.75) is 12.3 Å². The molecule has 0 amide bonds. The van der Waals surface area contributed by atoms with Crippen molar-refractivity contribution < 1.29 is 0 Å². The number of nitrogens with one attached hydrogen (secondary N) is 1. The summed E-state index contributed by atoms with van der Waals surface area (Å²) in [5, 5.41) is 0. The number of hydrogen-bond acceptors (Lipinski definition) is 2. The SMILES string of the molecule is NNC[C@H]1C[C@@H]1c1ccccc1. The van der Waals surface area contributed by atoms with Crippen molar-refractivity contribution in [2.24, 2.45) is 11.8 Å². The highest BCUT2D eigenvalue weighted by molar-refractivity contribution is 5.25. The quantitative estimate of drug-likeness (QED) is 0.518. The van der Waals surface area contributed by atoms with Crippen LogP contribution in [0, 0.1) is 5.92 Å². The van der Waals surface area contributed by atoms with Crippen LogP contribution in [0.15, 0.2) is 30.3 Å². The zero-order chi connectivity index (χ0) is 8.39. The molecule has 3 N–H and O–H groups in total. The minimum absolute atomic E-state index is 0.752. The fourth-order valence-corrected chi connectivity index (χ4v) is 1.73. The highest BCUT2D eigenvalue weighted by atomic mass is 15.2. The monoisotopic (exact) mass is 162 g/mol. The maximum atomic E-state index is 5.26. The molecule has 0 aromatic heterocycles. The first-order valence-electron chi connectivity index (χ1n) is 4.40. The lowest BCUT2D eigenvalue weighted by Crippen LogP contribution is -2.24. The van der Waals surface area contributed by atoms with Crippen molar-refractivity contribution in [3.63, 3.8) is 0 Å². The summed E-state index contributed by atoms with van der Waals surface area (Å²) in [4.78, 5) is 0. The average molecular weight is 162 g/mol. The van der Waals surface area contributed by atoms with Gasteiger partial charge in [-0.05, 0) is 23.8 Å². The molecule has 2 heteroatoms. The lowest BCUT2D eigenvalue weighted by Gasteiger charge is -1.98. The van der Waals surface area contributed by atoms with E-state index in [-0.39, 0.29) is 0 Å². The zero-order valence-electron chi connectivity index (χ0n) is 7.03. The maximum absolute atomic E-state index is 5.26. The van der Waals surface area contributed by atoms with Gasteiger partial charge in [0.1, 0.15) is 0 Å². The van der Waals surface area contributed by atoms with E-state index < -0.39 is 0 Å². The Balaban J connectivity index is 1.97. The summed E-state index contributed by atoms with van der Waals surface area (Å²) in [5.74, 6) is 6.77. The van der Waals surface area contributed by atoms with Crippen LogP contribution in [-0.2, 0) is 0 Å². The fourth-order valence-electron chi connectivity index (χ4n) is 1.73. The summed E-state index contributed by atoms with van der Waals surface area (Å²) in [6.45, 7) is 0.944. The van der Waals surface area contributed by atoms with E-state index in [4.69, 9.17) is 5.84 Å². The third-order valence-corrected chi connectivity index (χ3v) is 2.53. The number of hydrogen-bond donors (Lipinski definition) is 2. The molecule has 1 aliphatic rings. The van der Waals surface area contributed by atoms with Crippen LogP contribution in [0.3, 0.4) is 0 Å². The molecule has 1 aliphatic carbocycles. The Hall–Kier alpha value is -0.860. The summed E-state index contributed by atoms with van der Waals surface area (Å²) in [5.41, 5.74) is 4.19. The van der Waals surface area contributed by atoms with Gasteiger partial charge in [0, 0.05) is 6.54 Å². The molecule has 0 spiro atoms. The van der Waals surface area contributed by atoms with Crippen molar-refractivity contribution in [3.05, 3.63) is 35.9 Å². The van der Waals surface area contributed by atoms with Crippen LogP contribution in [-0.4, -0.2) is 6.54 Å². The van der Waals surface area contributed by atoms with Crippen LogP contribution in [0.2, 0.25) is 0 Å². The van der Waals surface area contributed by atoms with E-state index in [0.29, 0.717) is 0 Å². The van der Waals surface area contributed by atoms with Gasteiger partial charge in [-0.1, -0.05) is 30.3 Å². The van der Waals surface area contributed by atoms with Crippen molar-refractivity contribution in [2.75, 3.05) is 6.54 Å². The summed E-state index contributed by atoms with van der Waals surface area (Å²) >= 11 is 0. The number of rotatable bonds is 3. The molecular weight excluding hydrogens is 148 g/mol. The molecule has 0 bridgehead atoms. The van der Waals surface area contributed by atoms with E-state index in [2.05, 4.69) is 35.8 Å². The van der Waals surface area contributed by atoms with Gasteiger partial charge in [0.05, 0.1) is 0 Å². The van der Waals surface area contributed by atoms with Crippen molar-refractivity contribution >= 4 is 0 Å². The predicted octanol–water partition coefficient (Wildman–Crippen LogP) is 1.25. The molecule has 1 aromatic carbocycles. The van der Waals surface area contributed by atoms with Crippen molar-refractivity contribution in [1.82, 2.24) is 5.43 Å². The van der Waals surface area contributed by atoms with Crippen LogP contribution in [0.5, 0.6) is 0 Å². The Morgan fingerprint density at radius 3 is 2.75 bits per heavy atom. The standard InChI is InChI=1S/C10H14N2/c11-12-7-9-6-10(9)8-4-2-1-3-5-8/h1-5,9-10,12H,6-7,11H2/t9-,10-/m1/s1. The van der Waals surface area contributed by atoms with E-state index >= 15 is 0 Å². The van der Waals surface area contributed by atoms with Crippen LogP contribution in [0.1, 0.15) is 17.9 Å². The molecule has 1 saturated carbocycles. The summed E-state index contributed by atoms with van der Waals surface area (Å²) in [6.07, 6.45) is 1.29. The van der Waals surface area contributed by atoms with E-state index in [0.717, 1.165) is 18.4 Å². The molecule has 0 radical (unpaired) electrons. The average Bonchev–Trinajstić information content (AvgIpc) is 2.87. The molecule has 0 heterocycles. The normalized spacial score (nSPS) is 27.1. The predicted molar refractivity (Wildman–Crippen MR) is 49.5 cm³/mol. The van der Waals surface area contributed by atoms with Crippen LogP contribution in [0.4, 0.5) is 0 Å². The lowest BCUT2D eigenvalue weighted by molar-refractivity contribution is 0.655. The first kappa shape index (κ1) is 7.77. The van der Waals surface area contributed by atoms with Gasteiger partial charge in [-0.3, -0.25) is 11.3 Å². The van der Waals surface area contributed by atoms with Gasteiger partial charge in [0.25, 0.3) is 0 Å². The highest BCUT2D eigenvalue weighted by Gasteiger charge is 2.37. The van der Waals surface area contributed by atoms with E-state index in [9.17, 15) is 0 Å². The molecule has 12 heavy (non-hydrogen) atoms. The topological polar surface area (TPSA) is 38.0 Å². The molecule has 2 nitrogen and oxygen atoms in total. The molecule has 0 unspecified atom stereocenters. The van der Waals surface area contributed by atoms with Gasteiger partial charge < -0.3 is 0 Å². The van der Waals surface area contributed by atoms with Crippen molar-refractivity contribution in [3.8, 4) is 0 Å². The summed E-state index contributed by atoms with van der Waals surface area (Å²) < 4.78 is 0. The molecule has 0 saturated heterocycles. The second-order valence-corrected chi connectivity index (χ2v) is 3.42.